The van der Waals surface area contributed by atoms with Gasteiger partial charge in [0.25, 0.3) is 5.91 Å². The summed E-state index contributed by atoms with van der Waals surface area (Å²) in [7, 11) is 1.78. The molecule has 0 bridgehead atoms. The van der Waals surface area contributed by atoms with Gasteiger partial charge in [0, 0.05) is 24.8 Å². The van der Waals surface area contributed by atoms with Gasteiger partial charge in [-0.3, -0.25) is 9.69 Å². The van der Waals surface area contributed by atoms with Crippen molar-refractivity contribution in [3.05, 3.63) is 70.6 Å². The van der Waals surface area contributed by atoms with Crippen molar-refractivity contribution in [1.29, 1.82) is 0 Å². The number of likely N-dealkylation sites (N-methyl/N-ethyl adjacent to an activating group) is 2. The van der Waals surface area contributed by atoms with Crippen LogP contribution < -0.4 is 4.90 Å². The Morgan fingerprint density at radius 2 is 1.87 bits per heavy atom. The lowest BCUT2D eigenvalue weighted by Crippen LogP contribution is -2.44. The van der Waals surface area contributed by atoms with E-state index in [1.165, 1.54) is 28.6 Å². The number of rotatable bonds is 3. The molecule has 0 radical (unpaired) electrons. The van der Waals surface area contributed by atoms with Gasteiger partial charge >= 0.3 is 0 Å². The minimum atomic E-state index is -0.0176. The van der Waals surface area contributed by atoms with Crippen molar-refractivity contribution in [3.8, 4) is 0 Å². The average molecular weight is 418 g/mol. The van der Waals surface area contributed by atoms with Crippen LogP contribution in [0, 0.1) is 0 Å². The number of hydrogen-bond donors (Lipinski definition) is 0. The van der Waals surface area contributed by atoms with Gasteiger partial charge in [-0.2, -0.15) is 0 Å². The summed E-state index contributed by atoms with van der Waals surface area (Å²) < 4.78 is 0. The highest BCUT2D eigenvalue weighted by Gasteiger charge is 2.32. The second-order valence-corrected chi connectivity index (χ2v) is 9.22. The number of amides is 1. The Hall–Kier alpha value is -2.79. The zero-order valence-corrected chi connectivity index (χ0v) is 19.0. The Balaban J connectivity index is 1.67. The molecule has 2 aromatic carbocycles. The van der Waals surface area contributed by atoms with Crippen LogP contribution >= 0.6 is 11.8 Å². The second kappa shape index (κ2) is 7.80. The van der Waals surface area contributed by atoms with Crippen LogP contribution in [-0.2, 0) is 4.79 Å². The molecule has 2 heterocycles. The number of nitrogens with zero attached hydrogens (tertiary/aromatic N) is 3. The Bertz CT molecular complexity index is 1080. The van der Waals surface area contributed by atoms with Crippen molar-refractivity contribution >= 4 is 45.9 Å². The number of anilines is 1. The first-order chi connectivity index (χ1) is 14.3. The van der Waals surface area contributed by atoms with Gasteiger partial charge in [-0.05, 0) is 80.9 Å². The molecular formula is C25H27N3OS. The third kappa shape index (κ3) is 3.70. The standard InChI is InChI=1S/C25H27N3OS/c1-6-28-21-13-12-18(14-20(21)17(2)16-25(28,3)4)15-22-23(29)27(5)24(30-22)26-19-10-8-7-9-11-19/h7-16H,6H2,1-5H3/b22-15+,26-24?. The van der Waals surface area contributed by atoms with Gasteiger partial charge in [0.15, 0.2) is 5.17 Å². The van der Waals surface area contributed by atoms with Crippen LogP contribution in [0.5, 0.6) is 0 Å². The van der Waals surface area contributed by atoms with Crippen molar-refractivity contribution in [2.45, 2.75) is 33.2 Å². The van der Waals surface area contributed by atoms with Crippen LogP contribution in [0.4, 0.5) is 11.4 Å². The lowest BCUT2D eigenvalue weighted by Gasteiger charge is -2.42. The van der Waals surface area contributed by atoms with E-state index in [4.69, 9.17) is 0 Å². The minimum Gasteiger partial charge on any atom is -0.363 e. The Labute approximate surface area is 183 Å². The van der Waals surface area contributed by atoms with Gasteiger partial charge in [0.2, 0.25) is 0 Å². The summed E-state index contributed by atoms with van der Waals surface area (Å²) in [4.78, 5) is 22.1. The zero-order chi connectivity index (χ0) is 21.5. The molecule has 4 rings (SSSR count). The van der Waals surface area contributed by atoms with Crippen LogP contribution in [0.25, 0.3) is 11.6 Å². The smallest absolute Gasteiger partial charge is 0.266 e. The molecule has 2 aliphatic rings. The van der Waals surface area contributed by atoms with Crippen molar-refractivity contribution in [1.82, 2.24) is 4.90 Å². The fourth-order valence-corrected chi connectivity index (χ4v) is 5.17. The van der Waals surface area contributed by atoms with Gasteiger partial charge in [0.1, 0.15) is 0 Å². The quantitative estimate of drug-likeness (QED) is 0.580. The molecule has 1 amide bonds. The normalized spacial score (nSPS) is 20.7. The highest BCUT2D eigenvalue weighted by atomic mass is 32.2. The molecule has 1 saturated heterocycles. The summed E-state index contributed by atoms with van der Waals surface area (Å²) in [5.41, 5.74) is 5.62. The SMILES string of the molecule is CCN1c2ccc(/C=C3/SC(=Nc4ccccc4)N(C)C3=O)cc2C(C)=CC1(C)C. The van der Waals surface area contributed by atoms with Crippen LogP contribution in [0.1, 0.15) is 38.8 Å². The number of amidine groups is 1. The van der Waals surface area contributed by atoms with E-state index in [1.807, 2.05) is 36.4 Å². The second-order valence-electron chi connectivity index (χ2n) is 8.21. The molecule has 0 atom stereocenters. The highest BCUT2D eigenvalue weighted by Crippen LogP contribution is 2.40. The Morgan fingerprint density at radius 1 is 1.13 bits per heavy atom. The van der Waals surface area contributed by atoms with E-state index >= 15 is 0 Å². The molecule has 1 fully saturated rings. The van der Waals surface area contributed by atoms with Crippen molar-refractivity contribution in [2.24, 2.45) is 4.99 Å². The molecule has 0 unspecified atom stereocenters. The number of carbonyl (C=O) groups excluding carboxylic acids is 1. The number of carbonyl (C=O) groups is 1. The van der Waals surface area contributed by atoms with Gasteiger partial charge in [-0.1, -0.05) is 30.3 Å². The number of para-hydroxylation sites is 1. The molecule has 30 heavy (non-hydrogen) atoms. The Kier molecular flexibility index (Phi) is 5.33. The summed E-state index contributed by atoms with van der Waals surface area (Å²) >= 11 is 1.42. The summed E-state index contributed by atoms with van der Waals surface area (Å²) in [5, 5.41) is 0.699. The summed E-state index contributed by atoms with van der Waals surface area (Å²) in [5.74, 6) is -0.0176. The fourth-order valence-electron chi connectivity index (χ4n) is 4.18. The van der Waals surface area contributed by atoms with Gasteiger partial charge < -0.3 is 4.90 Å². The molecule has 0 N–H and O–H groups in total. The molecule has 154 valence electrons. The van der Waals surface area contributed by atoms with Crippen LogP contribution in [0.15, 0.2) is 64.5 Å². The van der Waals surface area contributed by atoms with E-state index in [1.54, 1.807) is 11.9 Å². The van der Waals surface area contributed by atoms with E-state index in [-0.39, 0.29) is 11.4 Å². The van der Waals surface area contributed by atoms with E-state index in [9.17, 15) is 4.79 Å². The predicted octanol–water partition coefficient (Wildman–Crippen LogP) is 5.94. The summed E-state index contributed by atoms with van der Waals surface area (Å²) in [6, 6.07) is 16.2. The number of benzene rings is 2. The summed E-state index contributed by atoms with van der Waals surface area (Å²) in [6.07, 6.45) is 4.30. The number of aliphatic imine (C=N–C) groups is 1. The van der Waals surface area contributed by atoms with E-state index in [2.05, 4.69) is 61.9 Å². The molecule has 4 nitrogen and oxygen atoms in total. The molecular weight excluding hydrogens is 390 g/mol. The number of fused-ring (bicyclic) bond motifs is 1. The van der Waals surface area contributed by atoms with Crippen molar-refractivity contribution < 1.29 is 4.79 Å². The largest absolute Gasteiger partial charge is 0.363 e. The van der Waals surface area contributed by atoms with Gasteiger partial charge in [-0.25, -0.2) is 4.99 Å². The van der Waals surface area contributed by atoms with Crippen LogP contribution in [0.3, 0.4) is 0 Å². The highest BCUT2D eigenvalue weighted by molar-refractivity contribution is 8.18. The monoisotopic (exact) mass is 417 g/mol. The minimum absolute atomic E-state index is 0.00536. The molecule has 2 aliphatic heterocycles. The van der Waals surface area contributed by atoms with E-state index < -0.39 is 0 Å². The maximum Gasteiger partial charge on any atom is 0.266 e. The third-order valence-electron chi connectivity index (χ3n) is 5.60. The number of hydrogen-bond acceptors (Lipinski definition) is 4. The van der Waals surface area contributed by atoms with E-state index in [0.29, 0.717) is 10.1 Å². The fraction of sp³-hybridized carbons (Fsp3) is 0.280. The molecule has 5 heteroatoms. The first-order valence-corrected chi connectivity index (χ1v) is 11.0. The maximum absolute atomic E-state index is 12.8. The molecule has 0 spiro atoms. The average Bonchev–Trinajstić information content (AvgIpc) is 2.97. The Morgan fingerprint density at radius 3 is 2.57 bits per heavy atom. The third-order valence-corrected chi connectivity index (χ3v) is 6.66. The van der Waals surface area contributed by atoms with Crippen LogP contribution in [-0.4, -0.2) is 35.1 Å². The lowest BCUT2D eigenvalue weighted by molar-refractivity contribution is -0.121. The van der Waals surface area contributed by atoms with Gasteiger partial charge in [-0.15, -0.1) is 0 Å². The number of allylic oxidation sites excluding steroid dienone is 1. The van der Waals surface area contributed by atoms with Crippen molar-refractivity contribution in [2.75, 3.05) is 18.5 Å². The van der Waals surface area contributed by atoms with Crippen molar-refractivity contribution in [3.63, 3.8) is 0 Å². The van der Waals surface area contributed by atoms with E-state index in [0.717, 1.165) is 17.8 Å². The van der Waals surface area contributed by atoms with Gasteiger partial charge in [0.05, 0.1) is 16.1 Å². The molecule has 0 aliphatic carbocycles. The van der Waals surface area contributed by atoms with Crippen LogP contribution in [0.2, 0.25) is 0 Å². The zero-order valence-electron chi connectivity index (χ0n) is 18.1. The maximum atomic E-state index is 12.8. The number of thioether (sulfide) groups is 1. The molecule has 0 aromatic heterocycles. The topological polar surface area (TPSA) is 35.9 Å². The first-order valence-electron chi connectivity index (χ1n) is 10.2. The first kappa shape index (κ1) is 20.5. The summed E-state index contributed by atoms with van der Waals surface area (Å²) in [6.45, 7) is 9.79. The molecule has 2 aromatic rings. The molecule has 0 saturated carbocycles. The lowest BCUT2D eigenvalue weighted by atomic mass is 9.88. The predicted molar refractivity (Wildman–Crippen MR) is 129 cm³/mol.